The van der Waals surface area contributed by atoms with Crippen molar-refractivity contribution < 1.29 is 5.11 Å². The molecule has 25 heavy (non-hydrogen) atoms. The molecule has 0 heterocycles. The van der Waals surface area contributed by atoms with Gasteiger partial charge in [-0.15, -0.1) is 0 Å². The number of phenolic OH excluding ortho intramolecular Hbond substituents is 1. The number of phenols is 1. The molecule has 2 aromatic carbocycles. The smallest absolute Gasteiger partial charge is 0.152 e. The summed E-state index contributed by atoms with van der Waals surface area (Å²) in [6.07, 6.45) is 0.763. The van der Waals surface area contributed by atoms with Gasteiger partial charge in [-0.1, -0.05) is 76.9 Å². The third-order valence-electron chi connectivity index (χ3n) is 4.71. The maximum absolute atomic E-state index is 9.82. The van der Waals surface area contributed by atoms with Crippen molar-refractivity contribution in [1.29, 1.82) is 0 Å². The van der Waals surface area contributed by atoms with E-state index in [4.69, 9.17) is 23.2 Å². The predicted octanol–water partition coefficient (Wildman–Crippen LogP) is 7.66. The van der Waals surface area contributed by atoms with Gasteiger partial charge in [0, 0.05) is 0 Å². The number of benzene rings is 2. The summed E-state index contributed by atoms with van der Waals surface area (Å²) in [6.45, 7) is 13.4. The zero-order valence-corrected chi connectivity index (χ0v) is 17.5. The minimum absolute atomic E-state index is 0.0459. The van der Waals surface area contributed by atoms with Crippen molar-refractivity contribution >= 4 is 23.2 Å². The highest BCUT2D eigenvalue weighted by Crippen LogP contribution is 2.37. The van der Waals surface area contributed by atoms with Crippen molar-refractivity contribution in [2.75, 3.05) is 0 Å². The van der Waals surface area contributed by atoms with Crippen molar-refractivity contribution in [2.45, 2.75) is 65.7 Å². The van der Waals surface area contributed by atoms with Gasteiger partial charge in [-0.2, -0.15) is 0 Å². The van der Waals surface area contributed by atoms with E-state index < -0.39 is 0 Å². The maximum Gasteiger partial charge on any atom is 0.152 e. The third-order valence-corrected chi connectivity index (χ3v) is 5.29. The Morgan fingerprint density at radius 2 is 1.20 bits per heavy atom. The third kappa shape index (κ3) is 4.51. The summed E-state index contributed by atoms with van der Waals surface area (Å²) in [5.74, 6) is 1.33. The van der Waals surface area contributed by atoms with Gasteiger partial charge in [-0.05, 0) is 64.1 Å². The van der Waals surface area contributed by atoms with Crippen molar-refractivity contribution in [3.63, 3.8) is 0 Å². The Hall–Kier alpha value is -1.18. The first-order valence-electron chi connectivity index (χ1n) is 8.95. The fourth-order valence-electron chi connectivity index (χ4n) is 3.23. The molecule has 136 valence electrons. The highest BCUT2D eigenvalue weighted by atomic mass is 35.5. The average Bonchev–Trinajstić information content (AvgIpc) is 2.51. The van der Waals surface area contributed by atoms with Crippen LogP contribution in [0.3, 0.4) is 0 Å². The second-order valence-electron chi connectivity index (χ2n) is 7.73. The van der Waals surface area contributed by atoms with E-state index in [1.807, 2.05) is 12.1 Å². The van der Waals surface area contributed by atoms with Gasteiger partial charge in [0.15, 0.2) is 5.75 Å². The standard InChI is InChI=1S/C22H28Cl2O/c1-12(2)16-10-17(13(3)4)19(18(11-16)14(5)6)7-15-8-20(23)22(25)21(24)9-15/h8-14,25H,7H2,1-6H3. The van der Waals surface area contributed by atoms with Crippen LogP contribution in [0, 0.1) is 0 Å². The minimum Gasteiger partial charge on any atom is -0.505 e. The van der Waals surface area contributed by atoms with E-state index in [-0.39, 0.29) is 5.75 Å². The molecule has 2 aromatic rings. The first-order chi connectivity index (χ1) is 11.6. The molecule has 0 aliphatic rings. The van der Waals surface area contributed by atoms with E-state index >= 15 is 0 Å². The fraction of sp³-hybridized carbons (Fsp3) is 0.455. The number of hydrogen-bond acceptors (Lipinski definition) is 1. The largest absolute Gasteiger partial charge is 0.505 e. The molecule has 0 atom stereocenters. The highest BCUT2D eigenvalue weighted by molar-refractivity contribution is 6.37. The van der Waals surface area contributed by atoms with Crippen LogP contribution in [0.5, 0.6) is 5.75 Å². The maximum atomic E-state index is 9.82. The Balaban J connectivity index is 2.62. The predicted molar refractivity (Wildman–Crippen MR) is 110 cm³/mol. The van der Waals surface area contributed by atoms with Crippen molar-refractivity contribution in [1.82, 2.24) is 0 Å². The molecule has 0 radical (unpaired) electrons. The molecule has 0 amide bonds. The molecule has 0 spiro atoms. The SMILES string of the molecule is CC(C)c1cc(C(C)C)c(Cc2cc(Cl)c(O)c(Cl)c2)c(C(C)C)c1. The monoisotopic (exact) mass is 378 g/mol. The van der Waals surface area contributed by atoms with Gasteiger partial charge in [0.25, 0.3) is 0 Å². The van der Waals surface area contributed by atoms with E-state index in [1.165, 1.54) is 22.3 Å². The molecular formula is C22H28Cl2O. The summed E-state index contributed by atoms with van der Waals surface area (Å²) in [5, 5.41) is 10.4. The summed E-state index contributed by atoms with van der Waals surface area (Å²) < 4.78 is 0. The first kappa shape index (κ1) is 20.1. The molecule has 1 nitrogen and oxygen atoms in total. The molecule has 0 aliphatic carbocycles. The van der Waals surface area contributed by atoms with Crippen LogP contribution < -0.4 is 0 Å². The van der Waals surface area contributed by atoms with Crippen molar-refractivity contribution in [2.24, 2.45) is 0 Å². The Morgan fingerprint density at radius 3 is 1.56 bits per heavy atom. The van der Waals surface area contributed by atoms with Crippen LogP contribution in [0.25, 0.3) is 0 Å². The zero-order valence-electron chi connectivity index (χ0n) is 16.0. The van der Waals surface area contributed by atoms with E-state index in [9.17, 15) is 5.11 Å². The van der Waals surface area contributed by atoms with Crippen LogP contribution in [0.2, 0.25) is 10.0 Å². The molecule has 0 fully saturated rings. The Morgan fingerprint density at radius 1 is 0.760 bits per heavy atom. The fourth-order valence-corrected chi connectivity index (χ4v) is 3.77. The Labute approximate surface area is 162 Å². The second kappa shape index (κ2) is 8.01. The molecule has 2 rings (SSSR count). The minimum atomic E-state index is -0.0459. The topological polar surface area (TPSA) is 20.2 Å². The summed E-state index contributed by atoms with van der Waals surface area (Å²) >= 11 is 12.2. The summed E-state index contributed by atoms with van der Waals surface area (Å²) in [6, 6.07) is 8.32. The molecule has 1 N–H and O–H groups in total. The van der Waals surface area contributed by atoms with E-state index in [2.05, 4.69) is 53.7 Å². The van der Waals surface area contributed by atoms with Crippen LogP contribution in [0.4, 0.5) is 0 Å². The molecule has 0 aliphatic heterocycles. The molecule has 0 bridgehead atoms. The Kier molecular flexibility index (Phi) is 6.45. The first-order valence-corrected chi connectivity index (χ1v) is 9.70. The summed E-state index contributed by atoms with van der Waals surface area (Å²) in [7, 11) is 0. The lowest BCUT2D eigenvalue weighted by Crippen LogP contribution is -2.07. The average molecular weight is 379 g/mol. The lowest BCUT2D eigenvalue weighted by molar-refractivity contribution is 0.475. The lowest BCUT2D eigenvalue weighted by Gasteiger charge is -2.23. The van der Waals surface area contributed by atoms with Gasteiger partial charge in [0.1, 0.15) is 0 Å². The van der Waals surface area contributed by atoms with Gasteiger partial charge >= 0.3 is 0 Å². The van der Waals surface area contributed by atoms with Crippen molar-refractivity contribution in [3.8, 4) is 5.75 Å². The number of rotatable bonds is 5. The summed E-state index contributed by atoms with van der Waals surface area (Å²) in [5.41, 5.74) is 6.53. The molecule has 3 heteroatoms. The van der Waals surface area contributed by atoms with E-state index in [1.54, 1.807) is 0 Å². The zero-order chi connectivity index (χ0) is 18.9. The number of hydrogen-bond donors (Lipinski definition) is 1. The second-order valence-corrected chi connectivity index (χ2v) is 8.54. The van der Waals surface area contributed by atoms with Gasteiger partial charge in [0.2, 0.25) is 0 Å². The lowest BCUT2D eigenvalue weighted by atomic mass is 9.82. The van der Waals surface area contributed by atoms with Crippen LogP contribution >= 0.6 is 23.2 Å². The van der Waals surface area contributed by atoms with Crippen LogP contribution in [-0.4, -0.2) is 5.11 Å². The van der Waals surface area contributed by atoms with Gasteiger partial charge in [0.05, 0.1) is 10.0 Å². The number of halogens is 2. The van der Waals surface area contributed by atoms with Gasteiger partial charge in [-0.25, -0.2) is 0 Å². The molecule has 0 aromatic heterocycles. The summed E-state index contributed by atoms with van der Waals surface area (Å²) in [4.78, 5) is 0. The highest BCUT2D eigenvalue weighted by Gasteiger charge is 2.18. The van der Waals surface area contributed by atoms with Crippen LogP contribution in [-0.2, 0) is 6.42 Å². The normalized spacial score (nSPS) is 11.8. The van der Waals surface area contributed by atoms with Gasteiger partial charge in [-0.3, -0.25) is 0 Å². The Bertz CT molecular complexity index is 709. The van der Waals surface area contributed by atoms with Crippen LogP contribution in [0.1, 0.15) is 87.1 Å². The molecule has 0 saturated heterocycles. The van der Waals surface area contributed by atoms with Crippen molar-refractivity contribution in [3.05, 3.63) is 62.1 Å². The molecular weight excluding hydrogens is 351 g/mol. The quantitative estimate of drug-likeness (QED) is 0.565. The molecule has 0 saturated carbocycles. The van der Waals surface area contributed by atoms with E-state index in [0.717, 1.165) is 12.0 Å². The van der Waals surface area contributed by atoms with Crippen LogP contribution in [0.15, 0.2) is 24.3 Å². The van der Waals surface area contributed by atoms with Gasteiger partial charge < -0.3 is 5.11 Å². The molecule has 0 unspecified atom stereocenters. The number of aromatic hydroxyl groups is 1. The van der Waals surface area contributed by atoms with E-state index in [0.29, 0.717) is 27.8 Å².